The summed E-state index contributed by atoms with van der Waals surface area (Å²) in [6.07, 6.45) is 5.25. The molecule has 0 aromatic carbocycles. The van der Waals surface area contributed by atoms with E-state index in [4.69, 9.17) is 5.73 Å². The van der Waals surface area contributed by atoms with Crippen LogP contribution in [-0.2, 0) is 0 Å². The summed E-state index contributed by atoms with van der Waals surface area (Å²) in [4.78, 5) is 0. The second kappa shape index (κ2) is 4.13. The smallest absolute Gasteiger partial charge is 0.00388 e. The Balaban J connectivity index is 0.000000360. The molecule has 0 aliphatic heterocycles. The van der Waals surface area contributed by atoms with E-state index in [1.807, 2.05) is 0 Å². The van der Waals surface area contributed by atoms with E-state index in [0.717, 1.165) is 0 Å². The zero-order valence-electron chi connectivity index (χ0n) is 4.34. The van der Waals surface area contributed by atoms with Crippen LogP contribution in [0.2, 0.25) is 0 Å². The fourth-order valence-corrected chi connectivity index (χ4v) is 0.957. The molecule has 1 aliphatic rings. The molecule has 0 radical (unpaired) electrons. The van der Waals surface area contributed by atoms with Crippen LogP contribution in [0.15, 0.2) is 0 Å². The molecule has 2 heteroatoms. The monoisotopic (exact) mass is 125 g/mol. The molecule has 1 rings (SSSR count). The predicted molar refractivity (Wildman–Crippen MR) is 26.4 cm³/mol. The molecule has 0 heterocycles. The van der Waals surface area contributed by atoms with E-state index in [1.54, 1.807) is 0 Å². The minimum absolute atomic E-state index is 0. The van der Waals surface area contributed by atoms with E-state index in [9.17, 15) is 0 Å². The van der Waals surface area contributed by atoms with Crippen molar-refractivity contribution in [2.75, 3.05) is 0 Å². The number of nitrogens with two attached hydrogens (primary N) is 1. The van der Waals surface area contributed by atoms with Crippen molar-refractivity contribution in [2.45, 2.75) is 31.7 Å². The van der Waals surface area contributed by atoms with Crippen LogP contribution in [0.25, 0.3) is 0 Å². The van der Waals surface area contributed by atoms with E-state index in [0.29, 0.717) is 6.04 Å². The van der Waals surface area contributed by atoms with Crippen molar-refractivity contribution in [3.8, 4) is 0 Å². The third-order valence-corrected chi connectivity index (χ3v) is 1.40. The van der Waals surface area contributed by atoms with Gasteiger partial charge in [0.15, 0.2) is 0 Å². The molecule has 0 aromatic rings. The summed E-state index contributed by atoms with van der Waals surface area (Å²) in [7, 11) is 0. The maximum absolute atomic E-state index is 5.53. The fraction of sp³-hybridized carbons (Fsp3) is 1.00. The molecule has 0 aromatic heterocycles. The third kappa shape index (κ3) is 2.91. The zero-order valence-corrected chi connectivity index (χ0v) is 5.04. The standard InChI is InChI=1S/C5H11N.Ar/c6-5-3-1-2-4-5;/h5H,1-4,6H2;. The van der Waals surface area contributed by atoms with Gasteiger partial charge < -0.3 is 5.73 Å². The van der Waals surface area contributed by atoms with Gasteiger partial charge >= 0.3 is 0 Å². The van der Waals surface area contributed by atoms with E-state index >= 15 is 0 Å². The molecule has 1 saturated carbocycles. The fourth-order valence-electron chi connectivity index (χ4n) is 0.957. The summed E-state index contributed by atoms with van der Waals surface area (Å²) in [6.45, 7) is 0. The van der Waals surface area contributed by atoms with Gasteiger partial charge in [0.1, 0.15) is 0 Å². The van der Waals surface area contributed by atoms with Crippen molar-refractivity contribution in [1.82, 2.24) is 0 Å². The summed E-state index contributed by atoms with van der Waals surface area (Å²) >= 11 is 0. The van der Waals surface area contributed by atoms with Gasteiger partial charge in [0.25, 0.3) is 0 Å². The molecule has 7 heavy (non-hydrogen) atoms. The van der Waals surface area contributed by atoms with Gasteiger partial charge in [-0.15, -0.1) is 0 Å². The van der Waals surface area contributed by atoms with Gasteiger partial charge in [0.05, 0.1) is 0 Å². The van der Waals surface area contributed by atoms with Gasteiger partial charge in [-0.3, -0.25) is 0 Å². The van der Waals surface area contributed by atoms with Gasteiger partial charge in [0, 0.05) is 43.8 Å². The van der Waals surface area contributed by atoms with Crippen LogP contribution in [0.1, 0.15) is 25.7 Å². The van der Waals surface area contributed by atoms with Crippen LogP contribution in [0, 0.1) is 37.7 Å². The number of hydrogen-bond donors (Lipinski definition) is 1. The van der Waals surface area contributed by atoms with E-state index < -0.39 is 0 Å². The maximum Gasteiger partial charge on any atom is 0.00388 e. The second-order valence-electron chi connectivity index (χ2n) is 2.04. The normalized spacial score (nSPS) is 21.9. The van der Waals surface area contributed by atoms with E-state index in [1.165, 1.54) is 25.7 Å². The first kappa shape index (κ1) is 8.22. The Bertz CT molecular complexity index is 41.3. The average molecular weight is 125 g/mol. The minimum atomic E-state index is 0. The summed E-state index contributed by atoms with van der Waals surface area (Å²) in [5, 5.41) is 0. The Morgan fingerprint density at radius 1 is 1.14 bits per heavy atom. The maximum atomic E-state index is 5.53. The summed E-state index contributed by atoms with van der Waals surface area (Å²) in [5.74, 6) is 0. The summed E-state index contributed by atoms with van der Waals surface area (Å²) < 4.78 is 0. The SMILES string of the molecule is NC1CCCC1.[Ar]. The van der Waals surface area contributed by atoms with E-state index in [-0.39, 0.29) is 37.7 Å². The van der Waals surface area contributed by atoms with Crippen LogP contribution >= 0.6 is 0 Å². The van der Waals surface area contributed by atoms with Gasteiger partial charge in [0.2, 0.25) is 0 Å². The predicted octanol–water partition coefficient (Wildman–Crippen LogP) is 0.888. The van der Waals surface area contributed by atoms with Crippen molar-refractivity contribution in [2.24, 2.45) is 5.73 Å². The van der Waals surface area contributed by atoms with Crippen LogP contribution in [0.5, 0.6) is 0 Å². The second-order valence-corrected chi connectivity index (χ2v) is 2.04. The molecule has 44 valence electrons. The third-order valence-electron chi connectivity index (χ3n) is 1.40. The van der Waals surface area contributed by atoms with Gasteiger partial charge in [-0.25, -0.2) is 0 Å². The van der Waals surface area contributed by atoms with Crippen molar-refractivity contribution in [3.63, 3.8) is 0 Å². The molecular weight excluding hydrogens is 114 g/mol. The molecule has 1 fully saturated rings. The molecule has 2 N–H and O–H groups in total. The summed E-state index contributed by atoms with van der Waals surface area (Å²) in [5.41, 5.74) is 5.53. The number of hydrogen-bond acceptors (Lipinski definition) is 1. The van der Waals surface area contributed by atoms with Crippen molar-refractivity contribution < 1.29 is 37.7 Å². The topological polar surface area (TPSA) is 26.0 Å². The molecule has 1 aliphatic carbocycles. The molecule has 0 amide bonds. The van der Waals surface area contributed by atoms with Gasteiger partial charge in [-0.1, -0.05) is 12.8 Å². The first-order valence-corrected chi connectivity index (χ1v) is 2.65. The van der Waals surface area contributed by atoms with E-state index in [2.05, 4.69) is 0 Å². The number of rotatable bonds is 0. The largest absolute Gasteiger partial charge is 0.328 e. The first-order valence-electron chi connectivity index (χ1n) is 2.65. The molecule has 0 spiro atoms. The van der Waals surface area contributed by atoms with Crippen LogP contribution in [-0.4, -0.2) is 6.04 Å². The van der Waals surface area contributed by atoms with Crippen LogP contribution < -0.4 is 5.73 Å². The van der Waals surface area contributed by atoms with Crippen molar-refractivity contribution >= 4 is 0 Å². The van der Waals surface area contributed by atoms with Gasteiger partial charge in [-0.2, -0.15) is 0 Å². The van der Waals surface area contributed by atoms with Crippen LogP contribution in [0.4, 0.5) is 0 Å². The molecule has 0 unspecified atom stereocenters. The molecule has 0 bridgehead atoms. The Hall–Kier alpha value is 1.22. The van der Waals surface area contributed by atoms with Crippen LogP contribution in [0.3, 0.4) is 0 Å². The molecule has 0 saturated heterocycles. The Morgan fingerprint density at radius 3 is 1.71 bits per heavy atom. The van der Waals surface area contributed by atoms with Crippen molar-refractivity contribution in [1.29, 1.82) is 0 Å². The summed E-state index contributed by atoms with van der Waals surface area (Å²) in [6, 6.07) is 0.546. The van der Waals surface area contributed by atoms with Gasteiger partial charge in [-0.05, 0) is 12.8 Å². The first-order chi connectivity index (χ1) is 2.89. The molecular formula is C5H11ArN. The Morgan fingerprint density at radius 2 is 1.57 bits per heavy atom. The molecule has 0 atom stereocenters. The Kier molecular flexibility index (Phi) is 4.85. The molecule has 1 nitrogen and oxygen atoms in total. The quantitative estimate of drug-likeness (QED) is 0.511. The zero-order chi connectivity index (χ0) is 4.41. The van der Waals surface area contributed by atoms with Crippen molar-refractivity contribution in [3.05, 3.63) is 0 Å². The average Bonchev–Trinajstić information content (AvgIpc) is 1.86. The Labute approximate surface area is 74.6 Å². The minimum Gasteiger partial charge on any atom is -0.328 e.